The molecule has 124 valence electrons. The molecule has 0 amide bonds. The van der Waals surface area contributed by atoms with Crippen molar-refractivity contribution in [2.24, 2.45) is 0 Å². The number of allylic oxidation sites excluding steroid dienone is 1. The number of fused-ring (bicyclic) bond motifs is 5. The summed E-state index contributed by atoms with van der Waals surface area (Å²) in [7, 11) is 0. The maximum Gasteiger partial charge on any atom is 0.197 e. The second kappa shape index (κ2) is 5.24. The first-order chi connectivity index (χ1) is 12.2. The summed E-state index contributed by atoms with van der Waals surface area (Å²) in [6.07, 6.45) is 6.01. The molecule has 0 radical (unpaired) electrons. The Kier molecular flexibility index (Phi) is 3.01. The van der Waals surface area contributed by atoms with Gasteiger partial charge in [-0.1, -0.05) is 36.4 Å². The zero-order valence-corrected chi connectivity index (χ0v) is 13.4. The van der Waals surface area contributed by atoms with Gasteiger partial charge in [-0.2, -0.15) is 0 Å². The Morgan fingerprint density at radius 2 is 1.96 bits per heavy atom. The number of phenols is 1. The number of ether oxygens (including phenoxy) is 1. The first-order valence-corrected chi connectivity index (χ1v) is 8.45. The number of phenolic OH excluding ortho intramolecular Hbond substituents is 1. The van der Waals surface area contributed by atoms with Crippen molar-refractivity contribution < 1.29 is 14.3 Å². The zero-order valence-electron chi connectivity index (χ0n) is 13.4. The van der Waals surface area contributed by atoms with Gasteiger partial charge in [0.2, 0.25) is 0 Å². The van der Waals surface area contributed by atoms with Gasteiger partial charge in [-0.05, 0) is 18.9 Å². The van der Waals surface area contributed by atoms with Gasteiger partial charge in [0.15, 0.2) is 5.43 Å². The quantitative estimate of drug-likeness (QED) is 0.673. The zero-order chi connectivity index (χ0) is 17.0. The van der Waals surface area contributed by atoms with Gasteiger partial charge in [-0.25, -0.2) is 0 Å². The number of hydrogen-bond acceptors (Lipinski definition) is 4. The van der Waals surface area contributed by atoms with E-state index in [0.29, 0.717) is 17.1 Å². The lowest BCUT2D eigenvalue weighted by Crippen LogP contribution is -2.18. The minimum absolute atomic E-state index is 0.0561. The smallest absolute Gasteiger partial charge is 0.197 e. The maximum atomic E-state index is 12.7. The molecule has 0 saturated carbocycles. The van der Waals surface area contributed by atoms with Crippen molar-refractivity contribution >= 4 is 11.0 Å². The molecule has 2 atom stereocenters. The van der Waals surface area contributed by atoms with Gasteiger partial charge in [-0.15, -0.1) is 0 Å². The highest BCUT2D eigenvalue weighted by Gasteiger charge is 2.37. The topological polar surface area (TPSA) is 59.7 Å². The van der Waals surface area contributed by atoms with Crippen molar-refractivity contribution in [3.05, 3.63) is 70.4 Å². The highest BCUT2D eigenvalue weighted by molar-refractivity contribution is 5.90. The van der Waals surface area contributed by atoms with Crippen LogP contribution in [0.4, 0.5) is 0 Å². The van der Waals surface area contributed by atoms with E-state index in [9.17, 15) is 9.90 Å². The molecule has 2 aromatic carbocycles. The summed E-state index contributed by atoms with van der Waals surface area (Å²) in [5, 5.41) is 10.6. The van der Waals surface area contributed by atoms with E-state index >= 15 is 0 Å². The Bertz CT molecular complexity index is 1060. The third-order valence-corrected chi connectivity index (χ3v) is 5.04. The Labute approximate surface area is 144 Å². The second-order valence-electron chi connectivity index (χ2n) is 6.55. The third-order valence-electron chi connectivity index (χ3n) is 5.04. The number of hydrogen-bond donors (Lipinski definition) is 1. The minimum atomic E-state index is -0.241. The Balaban J connectivity index is 1.82. The van der Waals surface area contributed by atoms with E-state index in [2.05, 4.69) is 12.2 Å². The largest absolute Gasteiger partial charge is 0.507 e. The first kappa shape index (κ1) is 14.3. The van der Waals surface area contributed by atoms with Crippen LogP contribution in [-0.4, -0.2) is 11.2 Å². The van der Waals surface area contributed by atoms with Gasteiger partial charge >= 0.3 is 0 Å². The molecule has 0 spiro atoms. The summed E-state index contributed by atoms with van der Waals surface area (Å²) >= 11 is 0. The molecular formula is C21H16O4. The molecule has 1 N–H and O–H groups in total. The van der Waals surface area contributed by atoms with Crippen molar-refractivity contribution in [1.82, 2.24) is 0 Å². The molecule has 25 heavy (non-hydrogen) atoms. The molecular weight excluding hydrogens is 316 g/mol. The van der Waals surface area contributed by atoms with E-state index in [0.717, 1.165) is 24.0 Å². The van der Waals surface area contributed by atoms with Crippen LogP contribution in [0.2, 0.25) is 0 Å². The van der Waals surface area contributed by atoms with Crippen LogP contribution >= 0.6 is 0 Å². The van der Waals surface area contributed by atoms with E-state index in [-0.39, 0.29) is 28.6 Å². The fourth-order valence-electron chi connectivity index (χ4n) is 3.89. The summed E-state index contributed by atoms with van der Waals surface area (Å²) in [6, 6.07) is 12.5. The lowest BCUT2D eigenvalue weighted by Gasteiger charge is -2.19. The molecule has 0 unspecified atom stereocenters. The van der Waals surface area contributed by atoms with Crippen LogP contribution < -0.4 is 10.2 Å². The van der Waals surface area contributed by atoms with Crippen LogP contribution in [0, 0.1) is 0 Å². The number of rotatable bonds is 1. The SMILES string of the molecule is O=c1cc(-c2ccccc2)oc2c3c(cc(O)c12)O[C@H]1C=CCC[C@@H]31. The van der Waals surface area contributed by atoms with Gasteiger partial charge < -0.3 is 14.3 Å². The summed E-state index contributed by atoms with van der Waals surface area (Å²) in [4.78, 5) is 12.7. The lowest BCUT2D eigenvalue weighted by molar-refractivity contribution is 0.243. The average molecular weight is 332 g/mol. The molecule has 3 aromatic rings. The fourth-order valence-corrected chi connectivity index (χ4v) is 3.89. The van der Waals surface area contributed by atoms with Crippen molar-refractivity contribution in [2.75, 3.05) is 0 Å². The van der Waals surface area contributed by atoms with Crippen LogP contribution in [-0.2, 0) is 0 Å². The van der Waals surface area contributed by atoms with Crippen molar-refractivity contribution in [3.8, 4) is 22.8 Å². The molecule has 0 fully saturated rings. The van der Waals surface area contributed by atoms with Gasteiger partial charge in [0.05, 0.1) is 0 Å². The molecule has 1 aromatic heterocycles. The van der Waals surface area contributed by atoms with E-state index in [4.69, 9.17) is 9.15 Å². The highest BCUT2D eigenvalue weighted by Crippen LogP contribution is 2.49. The van der Waals surface area contributed by atoms with Crippen LogP contribution in [0.3, 0.4) is 0 Å². The molecule has 2 heterocycles. The van der Waals surface area contributed by atoms with Gasteiger partial charge in [0.1, 0.15) is 34.3 Å². The van der Waals surface area contributed by atoms with Crippen molar-refractivity contribution in [2.45, 2.75) is 24.9 Å². The molecule has 0 saturated heterocycles. The number of benzene rings is 2. The summed E-state index contributed by atoms with van der Waals surface area (Å²) in [5.74, 6) is 1.17. The molecule has 2 aliphatic rings. The third kappa shape index (κ3) is 2.10. The molecule has 5 rings (SSSR count). The van der Waals surface area contributed by atoms with E-state index in [1.165, 1.54) is 6.07 Å². The second-order valence-corrected chi connectivity index (χ2v) is 6.55. The highest BCUT2D eigenvalue weighted by atomic mass is 16.5. The molecule has 4 heteroatoms. The number of aromatic hydroxyl groups is 1. The molecule has 0 bridgehead atoms. The van der Waals surface area contributed by atoms with E-state index < -0.39 is 0 Å². The Morgan fingerprint density at radius 3 is 2.80 bits per heavy atom. The maximum absolute atomic E-state index is 12.7. The van der Waals surface area contributed by atoms with Crippen molar-refractivity contribution in [1.29, 1.82) is 0 Å². The van der Waals surface area contributed by atoms with Crippen LogP contribution in [0.15, 0.2) is 63.8 Å². The van der Waals surface area contributed by atoms with Crippen LogP contribution in [0.5, 0.6) is 11.5 Å². The summed E-state index contributed by atoms with van der Waals surface area (Å²) in [6.45, 7) is 0. The van der Waals surface area contributed by atoms with E-state index in [1.807, 2.05) is 30.3 Å². The molecule has 1 aliphatic heterocycles. The van der Waals surface area contributed by atoms with Crippen molar-refractivity contribution in [3.63, 3.8) is 0 Å². The lowest BCUT2D eigenvalue weighted by atomic mass is 9.86. The van der Waals surface area contributed by atoms with Crippen LogP contribution in [0.25, 0.3) is 22.3 Å². The summed E-state index contributed by atoms with van der Waals surface area (Å²) < 4.78 is 12.1. The fraction of sp³-hybridized carbons (Fsp3) is 0.190. The Hall–Kier alpha value is -3.01. The predicted octanol–water partition coefficient (Wildman–Crippen LogP) is 4.36. The van der Waals surface area contributed by atoms with Gasteiger partial charge in [-0.3, -0.25) is 4.79 Å². The van der Waals surface area contributed by atoms with Gasteiger partial charge in [0, 0.05) is 29.2 Å². The van der Waals surface area contributed by atoms with Crippen LogP contribution in [0.1, 0.15) is 24.3 Å². The monoisotopic (exact) mass is 332 g/mol. The Morgan fingerprint density at radius 1 is 1.12 bits per heavy atom. The van der Waals surface area contributed by atoms with Gasteiger partial charge in [0.25, 0.3) is 0 Å². The first-order valence-electron chi connectivity index (χ1n) is 8.45. The normalized spacial score (nSPS) is 21.0. The standard InChI is InChI=1S/C21H16O4/c22-14-10-17(12-6-2-1-3-7-12)25-21-19-13-8-4-5-9-16(13)24-18(19)11-15(23)20(14)21/h1-3,5-7,9-11,13,16,23H,4,8H2/t13-,16+/m1/s1. The summed E-state index contributed by atoms with van der Waals surface area (Å²) in [5.41, 5.74) is 1.94. The minimum Gasteiger partial charge on any atom is -0.507 e. The van der Waals surface area contributed by atoms with E-state index in [1.54, 1.807) is 6.07 Å². The average Bonchev–Trinajstić information content (AvgIpc) is 3.00. The molecule has 4 nitrogen and oxygen atoms in total. The molecule has 1 aliphatic carbocycles. The predicted molar refractivity (Wildman–Crippen MR) is 95.1 cm³/mol.